The number of benzene rings is 2. The molecule has 0 saturated carbocycles. The maximum Gasteiger partial charge on any atom is 0.317 e. The van der Waals surface area contributed by atoms with Crippen molar-refractivity contribution in [2.45, 2.75) is 132 Å². The summed E-state index contributed by atoms with van der Waals surface area (Å²) in [5, 5.41) is 46.2. The molecular formula is C68H94F2N12O14S. The first kappa shape index (κ1) is 76.5. The number of rotatable bonds is 35. The highest BCUT2D eigenvalue weighted by Gasteiger charge is 2.47. The van der Waals surface area contributed by atoms with Crippen molar-refractivity contribution in [3.63, 3.8) is 0 Å². The maximum atomic E-state index is 14.0. The second-order valence-electron chi connectivity index (χ2n) is 25.7. The van der Waals surface area contributed by atoms with Gasteiger partial charge in [-0.25, -0.2) is 8.78 Å². The lowest BCUT2D eigenvalue weighted by Crippen LogP contribution is -2.50. The topological polar surface area (TPSA) is 336 Å². The number of hydrogen-bond donors (Lipinski definition) is 6. The summed E-state index contributed by atoms with van der Waals surface area (Å²) >= 11 is 1.34. The molecule has 2 unspecified atom stereocenters. The molecule has 0 radical (unpaired) electrons. The number of carbonyl (C=O) groups is 10. The van der Waals surface area contributed by atoms with Gasteiger partial charge in [-0.3, -0.25) is 77.4 Å². The molecule has 2 aromatic carbocycles. The molecule has 1 aromatic heterocycles. The molecule has 7 amide bonds. The molecule has 29 heteroatoms. The number of alkyl halides is 2. The summed E-state index contributed by atoms with van der Waals surface area (Å²) in [4.78, 5) is 144. The average Bonchev–Trinajstić information content (AvgIpc) is 1.77. The van der Waals surface area contributed by atoms with Gasteiger partial charge in [0.1, 0.15) is 11.8 Å². The van der Waals surface area contributed by atoms with Crippen LogP contribution >= 0.6 is 11.8 Å². The number of thioether (sulfide) groups is 1. The predicted molar refractivity (Wildman–Crippen MR) is 356 cm³/mol. The molecule has 0 aliphatic carbocycles. The summed E-state index contributed by atoms with van der Waals surface area (Å²) in [6, 6.07) is 15.3. The van der Waals surface area contributed by atoms with Gasteiger partial charge in [-0.15, -0.1) is 11.8 Å². The van der Waals surface area contributed by atoms with E-state index in [1.165, 1.54) is 40.1 Å². The summed E-state index contributed by atoms with van der Waals surface area (Å²) in [5.74, 6) is -7.93. The molecule has 0 spiro atoms. The molecule has 26 nitrogen and oxygen atoms in total. The van der Waals surface area contributed by atoms with Crippen molar-refractivity contribution in [3.8, 4) is 11.8 Å². The lowest BCUT2D eigenvalue weighted by molar-refractivity contribution is -0.140. The zero-order valence-electron chi connectivity index (χ0n) is 55.5. The van der Waals surface area contributed by atoms with Crippen LogP contribution in [0.3, 0.4) is 0 Å². The Labute approximate surface area is 569 Å². The zero-order valence-corrected chi connectivity index (χ0v) is 56.3. The van der Waals surface area contributed by atoms with Gasteiger partial charge in [0, 0.05) is 128 Å². The van der Waals surface area contributed by atoms with Crippen LogP contribution < -0.4 is 20.7 Å². The lowest BCUT2D eigenvalue weighted by atomic mass is 9.91. The summed E-state index contributed by atoms with van der Waals surface area (Å²) in [7, 11) is 0. The van der Waals surface area contributed by atoms with Gasteiger partial charge >= 0.3 is 17.9 Å². The number of aryl methyl sites for hydroxylation is 2. The highest BCUT2D eigenvalue weighted by molar-refractivity contribution is 8.01. The average molecular weight is 1370 g/mol. The number of carboxylic acids is 3. The van der Waals surface area contributed by atoms with Gasteiger partial charge in [0.15, 0.2) is 0 Å². The highest BCUT2D eigenvalue weighted by Crippen LogP contribution is 2.33. The number of nitriles is 1. The zero-order chi connectivity index (χ0) is 69.9. The van der Waals surface area contributed by atoms with Crippen LogP contribution in [0.4, 0.5) is 8.78 Å². The summed E-state index contributed by atoms with van der Waals surface area (Å²) in [6.07, 6.45) is 10.1. The standard InChI is InChI=1S/C68H94F2N12O14S/c1-48-14-16-49(17-15-48)10-7-12-58(83)73-23-5-2-3-11-53(41-74-59(84)43-76-28-30-77(44-63(88)89)32-34-79(46-65(92)93)35-33-78(31-29-76)45-64(90)91)97-57-38-61(86)81(67(57)95)25-8-13-60(85)80-26-21-50(22-27-80)9-4-6-36-96-52-18-19-56-55(37-52)54(20-24-72-56)66(94)75-42-62(87)82-47-68(69,70)39-51(82)40-71/h14-20,24,37,50-51,53,57H,2-13,21-23,25-36,38-39,41-47H2,1H3,(H,73,83)(H,74,84)(H,75,94)(H,88,89)(H,90,91)(H,92,93)/t51-,53?,57?/m1/s1. The van der Waals surface area contributed by atoms with Crippen LogP contribution in [-0.4, -0.2) is 267 Å². The van der Waals surface area contributed by atoms with E-state index in [1.54, 1.807) is 39.0 Å². The second kappa shape index (κ2) is 38.9. The molecule has 6 N–H and O–H groups in total. The van der Waals surface area contributed by atoms with Gasteiger partial charge in [-0.1, -0.05) is 49.1 Å². The number of nitrogens with one attached hydrogen (secondary N) is 3. The first-order valence-corrected chi connectivity index (χ1v) is 34.7. The van der Waals surface area contributed by atoms with Crippen molar-refractivity contribution in [1.82, 2.24) is 55.2 Å². The van der Waals surface area contributed by atoms with Crippen molar-refractivity contribution in [3.05, 3.63) is 71.4 Å². The Bertz CT molecular complexity index is 3200. The van der Waals surface area contributed by atoms with E-state index in [1.807, 2.05) is 16.7 Å². The Morgan fingerprint density at radius 2 is 1.36 bits per heavy atom. The molecule has 4 aliphatic rings. The quantitative estimate of drug-likeness (QED) is 0.0356. The van der Waals surface area contributed by atoms with E-state index in [9.17, 15) is 77.3 Å². The van der Waals surface area contributed by atoms with Crippen molar-refractivity contribution in [2.75, 3.05) is 131 Å². The van der Waals surface area contributed by atoms with Crippen LogP contribution in [-0.2, 0) is 49.6 Å². The van der Waals surface area contributed by atoms with Gasteiger partial charge in [0.25, 0.3) is 11.8 Å². The fourth-order valence-electron chi connectivity index (χ4n) is 12.6. The number of carboxylic acid groups (broad SMARTS) is 3. The Morgan fingerprint density at radius 1 is 0.722 bits per heavy atom. The van der Waals surface area contributed by atoms with E-state index in [0.29, 0.717) is 80.9 Å². The van der Waals surface area contributed by atoms with Crippen LogP contribution in [0.1, 0.15) is 118 Å². The highest BCUT2D eigenvalue weighted by atomic mass is 32.2. The smallest absolute Gasteiger partial charge is 0.317 e. The molecule has 4 fully saturated rings. The van der Waals surface area contributed by atoms with Crippen LogP contribution in [0.25, 0.3) is 10.9 Å². The molecule has 3 atom stereocenters. The van der Waals surface area contributed by atoms with Crippen molar-refractivity contribution < 1.29 is 76.8 Å². The molecule has 530 valence electrons. The molecule has 5 heterocycles. The van der Waals surface area contributed by atoms with E-state index in [-0.39, 0.29) is 145 Å². The number of imide groups is 1. The van der Waals surface area contributed by atoms with Gasteiger partial charge < -0.3 is 45.8 Å². The Morgan fingerprint density at radius 3 is 1.99 bits per heavy atom. The normalized spacial score (nSPS) is 19.0. The Balaban J connectivity index is 0.842. The largest absolute Gasteiger partial charge is 0.494 e. The maximum absolute atomic E-state index is 14.0. The van der Waals surface area contributed by atoms with Crippen molar-refractivity contribution >= 4 is 81.9 Å². The number of piperidine rings is 1. The van der Waals surface area contributed by atoms with E-state index in [0.717, 1.165) is 56.3 Å². The number of halogens is 2. The lowest BCUT2D eigenvalue weighted by Gasteiger charge is -2.33. The molecule has 4 saturated heterocycles. The molecular weight excluding hydrogens is 1280 g/mol. The fraction of sp³-hybridized carbons (Fsp3) is 0.618. The van der Waals surface area contributed by atoms with E-state index in [4.69, 9.17) is 4.74 Å². The van der Waals surface area contributed by atoms with Gasteiger partial charge in [-0.05, 0) is 100 Å². The monoisotopic (exact) mass is 1370 g/mol. The number of unbranched alkanes of at least 4 members (excludes halogenated alkanes) is 3. The number of fused-ring (bicyclic) bond motifs is 1. The number of carbonyl (C=O) groups excluding carboxylic acids is 7. The third kappa shape index (κ3) is 26.1. The molecule has 4 aliphatic heterocycles. The summed E-state index contributed by atoms with van der Waals surface area (Å²) in [5.41, 5.74) is 3.08. The van der Waals surface area contributed by atoms with Crippen LogP contribution in [0.15, 0.2) is 54.7 Å². The van der Waals surface area contributed by atoms with Crippen LogP contribution in [0.2, 0.25) is 0 Å². The van der Waals surface area contributed by atoms with Crippen molar-refractivity contribution in [2.24, 2.45) is 5.92 Å². The Kier molecular flexibility index (Phi) is 30.6. The minimum Gasteiger partial charge on any atom is -0.494 e. The number of aromatic nitrogens is 1. The first-order chi connectivity index (χ1) is 46.5. The number of hydrogen-bond acceptors (Lipinski definition) is 18. The predicted octanol–water partition coefficient (Wildman–Crippen LogP) is 4.12. The van der Waals surface area contributed by atoms with Crippen LogP contribution in [0.5, 0.6) is 5.75 Å². The van der Waals surface area contributed by atoms with E-state index >= 15 is 0 Å². The molecule has 3 aromatic rings. The molecule has 97 heavy (non-hydrogen) atoms. The van der Waals surface area contributed by atoms with Crippen molar-refractivity contribution in [1.29, 1.82) is 5.26 Å². The fourth-order valence-corrected chi connectivity index (χ4v) is 14.0. The summed E-state index contributed by atoms with van der Waals surface area (Å²) < 4.78 is 33.9. The third-order valence-corrected chi connectivity index (χ3v) is 19.6. The second-order valence-corrected chi connectivity index (χ2v) is 27.2. The number of pyridine rings is 1. The van der Waals surface area contributed by atoms with E-state index in [2.05, 4.69) is 45.2 Å². The number of likely N-dealkylation sites (tertiary alicyclic amines) is 3. The number of aliphatic carboxylic acids is 3. The SMILES string of the molecule is Cc1ccc(CCCC(=O)NCCCCCC(CNC(=O)CN2CCN(CC(=O)O)CCN(CC(=O)O)CCN(CC(=O)O)CC2)SC2CC(=O)N(CCCC(=O)N3CCC(CCCCOc4ccc5nccc(C(=O)NCC(=O)N6CC(F)(F)C[C@@H]6C#N)c5c4)CC3)C2=O)cc1. The van der Waals surface area contributed by atoms with Gasteiger partial charge in [0.2, 0.25) is 35.4 Å². The van der Waals surface area contributed by atoms with Gasteiger partial charge in [-0.2, -0.15) is 5.26 Å². The number of amides is 7. The molecule has 0 bridgehead atoms. The minimum atomic E-state index is -3.18. The first-order valence-electron chi connectivity index (χ1n) is 33.8. The minimum absolute atomic E-state index is 0.0171. The summed E-state index contributed by atoms with van der Waals surface area (Å²) in [6.45, 7) is 3.83. The number of nitrogens with zero attached hydrogens (tertiary/aromatic N) is 9. The van der Waals surface area contributed by atoms with E-state index < -0.39 is 66.4 Å². The number of ether oxygens (including phenoxy) is 1. The van der Waals surface area contributed by atoms with Gasteiger partial charge in [0.05, 0.1) is 68.3 Å². The van der Waals surface area contributed by atoms with Crippen LogP contribution in [0, 0.1) is 24.2 Å². The molecule has 7 rings (SSSR count). The Hall–Kier alpha value is -7.91. The third-order valence-electron chi connectivity index (χ3n) is 18.1.